The van der Waals surface area contributed by atoms with Gasteiger partial charge in [-0.25, -0.2) is 9.98 Å². The molecule has 1 aromatic carbocycles. The number of carbonyl (C=O) groups is 1. The van der Waals surface area contributed by atoms with Crippen LogP contribution in [0.3, 0.4) is 0 Å². The van der Waals surface area contributed by atoms with Gasteiger partial charge in [0.05, 0.1) is 6.54 Å². The molecule has 0 unspecified atom stereocenters. The Labute approximate surface area is 163 Å². The Hall–Kier alpha value is -2.40. The number of aryl methyl sites for hydroxylation is 1. The van der Waals surface area contributed by atoms with Gasteiger partial charge in [0.15, 0.2) is 0 Å². The number of ether oxygens (including phenoxy) is 1. The van der Waals surface area contributed by atoms with E-state index in [9.17, 15) is 4.79 Å². The predicted octanol–water partition coefficient (Wildman–Crippen LogP) is 3.93. The van der Waals surface area contributed by atoms with E-state index in [1.165, 1.54) is 0 Å². The largest absolute Gasteiger partial charge is 0.469 e. The average molecular weight is 384 g/mol. The summed E-state index contributed by atoms with van der Waals surface area (Å²) in [5.74, 6) is 0.513. The van der Waals surface area contributed by atoms with E-state index < -0.39 is 0 Å². The van der Waals surface area contributed by atoms with E-state index >= 15 is 0 Å². The fraction of sp³-hybridized carbons (Fsp3) is 0.381. The molecule has 1 aromatic heterocycles. The van der Waals surface area contributed by atoms with Crippen molar-refractivity contribution in [2.24, 2.45) is 4.99 Å². The zero-order valence-corrected chi connectivity index (χ0v) is 16.0. The number of nitrogens with one attached hydrogen (secondary N) is 1. The number of rotatable bonds is 3. The van der Waals surface area contributed by atoms with Crippen molar-refractivity contribution < 1.29 is 9.53 Å². The van der Waals surface area contributed by atoms with Gasteiger partial charge in [-0.15, -0.1) is 0 Å². The van der Waals surface area contributed by atoms with Crippen LogP contribution < -0.4 is 5.32 Å². The molecule has 5 nitrogen and oxygen atoms in total. The van der Waals surface area contributed by atoms with Crippen LogP contribution in [0.5, 0.6) is 0 Å². The first-order valence-corrected chi connectivity index (χ1v) is 9.65. The van der Waals surface area contributed by atoms with Gasteiger partial charge in [0.25, 0.3) is 5.91 Å². The van der Waals surface area contributed by atoms with E-state index in [1.807, 2.05) is 43.3 Å². The molecule has 2 aliphatic rings. The molecule has 0 saturated heterocycles. The summed E-state index contributed by atoms with van der Waals surface area (Å²) in [6, 6.07) is 13.1. The lowest BCUT2D eigenvalue weighted by Crippen LogP contribution is -2.47. The molecule has 0 radical (unpaired) electrons. The number of aliphatic imine (C=N–C) groups is 1. The summed E-state index contributed by atoms with van der Waals surface area (Å²) in [7, 11) is 0. The van der Waals surface area contributed by atoms with Gasteiger partial charge in [0, 0.05) is 28.7 Å². The van der Waals surface area contributed by atoms with E-state index in [0.717, 1.165) is 36.9 Å². The second-order valence-electron chi connectivity index (χ2n) is 7.35. The SMILES string of the molecule is Cc1cccc(C(=O)N[C@H]2CCC[C@@]3(CN=C(c4cccc(Cl)c4)O3)C2)n1. The molecular formula is C21H22ClN3O2. The number of benzene rings is 1. The Morgan fingerprint density at radius 1 is 1.30 bits per heavy atom. The Morgan fingerprint density at radius 2 is 2.15 bits per heavy atom. The maximum Gasteiger partial charge on any atom is 0.270 e. The molecule has 1 aliphatic heterocycles. The zero-order chi connectivity index (χ0) is 18.9. The highest BCUT2D eigenvalue weighted by atomic mass is 35.5. The molecule has 2 atom stereocenters. The first-order valence-electron chi connectivity index (χ1n) is 9.27. The van der Waals surface area contributed by atoms with Crippen LogP contribution in [0, 0.1) is 6.92 Å². The van der Waals surface area contributed by atoms with Crippen molar-refractivity contribution in [3.8, 4) is 0 Å². The fourth-order valence-electron chi connectivity index (χ4n) is 3.87. The lowest BCUT2D eigenvalue weighted by molar-refractivity contribution is 0.0329. The van der Waals surface area contributed by atoms with Crippen LogP contribution in [-0.2, 0) is 4.74 Å². The molecule has 1 saturated carbocycles. The van der Waals surface area contributed by atoms with Crippen molar-refractivity contribution >= 4 is 23.4 Å². The number of aromatic nitrogens is 1. The highest BCUT2D eigenvalue weighted by molar-refractivity contribution is 6.31. The number of halogens is 1. The predicted molar refractivity (Wildman–Crippen MR) is 105 cm³/mol. The summed E-state index contributed by atoms with van der Waals surface area (Å²) in [6.07, 6.45) is 3.62. The second kappa shape index (κ2) is 7.31. The summed E-state index contributed by atoms with van der Waals surface area (Å²) in [6.45, 7) is 2.50. The molecule has 2 heterocycles. The first-order chi connectivity index (χ1) is 13.0. The van der Waals surface area contributed by atoms with Gasteiger partial charge in [-0.05, 0) is 56.5 Å². The van der Waals surface area contributed by atoms with E-state index in [4.69, 9.17) is 16.3 Å². The lowest BCUT2D eigenvalue weighted by atomic mass is 9.81. The Balaban J connectivity index is 1.42. The molecule has 1 aliphatic carbocycles. The van der Waals surface area contributed by atoms with Gasteiger partial charge >= 0.3 is 0 Å². The van der Waals surface area contributed by atoms with E-state index in [0.29, 0.717) is 23.2 Å². The quantitative estimate of drug-likeness (QED) is 0.873. The molecular weight excluding hydrogens is 362 g/mol. The Kier molecular flexibility index (Phi) is 4.87. The smallest absolute Gasteiger partial charge is 0.270 e. The van der Waals surface area contributed by atoms with Crippen molar-refractivity contribution in [2.45, 2.75) is 44.2 Å². The van der Waals surface area contributed by atoms with E-state index in [1.54, 1.807) is 6.07 Å². The minimum Gasteiger partial charge on any atom is -0.469 e. The van der Waals surface area contributed by atoms with Gasteiger partial charge in [-0.2, -0.15) is 0 Å². The van der Waals surface area contributed by atoms with E-state index in [-0.39, 0.29) is 17.6 Å². The van der Waals surface area contributed by atoms with Crippen molar-refractivity contribution in [3.63, 3.8) is 0 Å². The topological polar surface area (TPSA) is 63.6 Å². The van der Waals surface area contributed by atoms with Gasteiger partial charge in [0.1, 0.15) is 11.3 Å². The van der Waals surface area contributed by atoms with Gasteiger partial charge in [0.2, 0.25) is 5.90 Å². The third kappa shape index (κ3) is 3.98. The van der Waals surface area contributed by atoms with Crippen LogP contribution >= 0.6 is 11.6 Å². The van der Waals surface area contributed by atoms with E-state index in [2.05, 4.69) is 15.3 Å². The van der Waals surface area contributed by atoms with Crippen molar-refractivity contribution in [2.75, 3.05) is 6.54 Å². The minimum absolute atomic E-state index is 0.0578. The third-order valence-electron chi connectivity index (χ3n) is 5.16. The first kappa shape index (κ1) is 18.0. The number of hydrogen-bond donors (Lipinski definition) is 1. The van der Waals surface area contributed by atoms with Crippen LogP contribution in [-0.4, -0.2) is 35.0 Å². The van der Waals surface area contributed by atoms with Gasteiger partial charge in [-0.1, -0.05) is 23.7 Å². The van der Waals surface area contributed by atoms with Crippen LogP contribution in [0.4, 0.5) is 0 Å². The monoisotopic (exact) mass is 383 g/mol. The number of carbonyl (C=O) groups excluding carboxylic acids is 1. The summed E-state index contributed by atoms with van der Waals surface area (Å²) in [5.41, 5.74) is 1.85. The zero-order valence-electron chi connectivity index (χ0n) is 15.2. The molecule has 4 rings (SSSR count). The van der Waals surface area contributed by atoms with Gasteiger partial charge < -0.3 is 10.1 Å². The lowest BCUT2D eigenvalue weighted by Gasteiger charge is -2.37. The van der Waals surface area contributed by atoms with Crippen LogP contribution in [0.15, 0.2) is 47.5 Å². The number of pyridine rings is 1. The number of nitrogens with zero attached hydrogens (tertiary/aromatic N) is 2. The molecule has 6 heteroatoms. The van der Waals surface area contributed by atoms with Crippen molar-refractivity contribution in [1.82, 2.24) is 10.3 Å². The molecule has 1 amide bonds. The Morgan fingerprint density at radius 3 is 2.96 bits per heavy atom. The summed E-state index contributed by atoms with van der Waals surface area (Å²) >= 11 is 6.09. The Bertz CT molecular complexity index is 899. The molecule has 0 bridgehead atoms. The van der Waals surface area contributed by atoms with Crippen LogP contribution in [0.1, 0.15) is 47.4 Å². The molecule has 140 valence electrons. The standard InChI is InChI=1S/C21H22ClN3O2/c1-14-5-2-9-18(24-14)19(26)25-17-8-4-10-21(12-17)13-23-20(27-21)15-6-3-7-16(22)11-15/h2-3,5-7,9,11,17H,4,8,10,12-13H2,1H3,(H,25,26)/t17-,21-/m0/s1. The summed E-state index contributed by atoms with van der Waals surface area (Å²) in [4.78, 5) is 21.5. The van der Waals surface area contributed by atoms with Crippen LogP contribution in [0.2, 0.25) is 5.02 Å². The fourth-order valence-corrected chi connectivity index (χ4v) is 4.06. The number of amides is 1. The second-order valence-corrected chi connectivity index (χ2v) is 7.78. The maximum absolute atomic E-state index is 12.5. The molecule has 1 spiro atoms. The number of hydrogen-bond acceptors (Lipinski definition) is 4. The van der Waals surface area contributed by atoms with Crippen molar-refractivity contribution in [1.29, 1.82) is 0 Å². The molecule has 27 heavy (non-hydrogen) atoms. The van der Waals surface area contributed by atoms with Crippen LogP contribution in [0.25, 0.3) is 0 Å². The summed E-state index contributed by atoms with van der Waals surface area (Å²) in [5, 5.41) is 3.79. The van der Waals surface area contributed by atoms with Crippen molar-refractivity contribution in [3.05, 3.63) is 64.4 Å². The highest BCUT2D eigenvalue weighted by Gasteiger charge is 2.43. The molecule has 1 fully saturated rings. The maximum atomic E-state index is 12.5. The van der Waals surface area contributed by atoms with Gasteiger partial charge in [-0.3, -0.25) is 4.79 Å². The third-order valence-corrected chi connectivity index (χ3v) is 5.39. The minimum atomic E-state index is -0.339. The average Bonchev–Trinajstić information content (AvgIpc) is 3.05. The summed E-state index contributed by atoms with van der Waals surface area (Å²) < 4.78 is 6.29. The highest BCUT2D eigenvalue weighted by Crippen LogP contribution is 2.36. The normalized spacial score (nSPS) is 24.4. The molecule has 2 aromatic rings. The molecule has 1 N–H and O–H groups in total.